The van der Waals surface area contributed by atoms with Gasteiger partial charge in [0.1, 0.15) is 0 Å². The summed E-state index contributed by atoms with van der Waals surface area (Å²) in [5.41, 5.74) is 0. The minimum Gasteiger partial charge on any atom is -0.361 e. The number of hydrogen-bond donors (Lipinski definition) is 2. The van der Waals surface area contributed by atoms with Crippen LogP contribution in [0.3, 0.4) is 0 Å². The number of likely N-dealkylation sites (N-methyl/N-ethyl adjacent to an activating group) is 1. The molecule has 1 aliphatic carbocycles. The zero-order valence-corrected chi connectivity index (χ0v) is 12.4. The molecule has 0 aromatic carbocycles. The quantitative estimate of drug-likeness (QED) is 0.769. The summed E-state index contributed by atoms with van der Waals surface area (Å²) in [7, 11) is 2.23. The molecule has 1 unspecified atom stereocenters. The molecular weight excluding hydrogens is 242 g/mol. The lowest BCUT2D eigenvalue weighted by molar-refractivity contribution is 0.186. The summed E-state index contributed by atoms with van der Waals surface area (Å²) in [5.74, 6) is 0. The van der Waals surface area contributed by atoms with Gasteiger partial charge in [0.25, 0.3) is 0 Å². The Kier molecular flexibility index (Phi) is 5.70. The van der Waals surface area contributed by atoms with Crippen LogP contribution in [-0.2, 0) is 0 Å². The summed E-state index contributed by atoms with van der Waals surface area (Å²) in [6.07, 6.45) is 10.7. The molecule has 2 aliphatic rings. The zero-order chi connectivity index (χ0) is 12.8. The van der Waals surface area contributed by atoms with Crippen molar-refractivity contribution < 1.29 is 0 Å². The highest BCUT2D eigenvalue weighted by Gasteiger charge is 2.19. The van der Waals surface area contributed by atoms with Gasteiger partial charge in [-0.15, -0.1) is 0 Å². The third-order valence-corrected chi connectivity index (χ3v) is 4.62. The van der Waals surface area contributed by atoms with Crippen LogP contribution in [0.15, 0.2) is 0 Å². The first-order valence-electron chi connectivity index (χ1n) is 7.50. The molecule has 0 aromatic rings. The molecule has 0 spiro atoms. The van der Waals surface area contributed by atoms with Crippen LogP contribution < -0.4 is 10.6 Å². The van der Waals surface area contributed by atoms with E-state index in [9.17, 15) is 0 Å². The first-order chi connectivity index (χ1) is 8.75. The number of piperidine rings is 1. The number of thiocarbonyl (C=S) groups is 1. The van der Waals surface area contributed by atoms with Crippen molar-refractivity contribution in [3.8, 4) is 0 Å². The van der Waals surface area contributed by atoms with Gasteiger partial charge in [-0.1, -0.05) is 25.7 Å². The van der Waals surface area contributed by atoms with Crippen molar-refractivity contribution in [2.75, 3.05) is 20.1 Å². The van der Waals surface area contributed by atoms with Crippen molar-refractivity contribution in [2.24, 2.45) is 0 Å². The smallest absolute Gasteiger partial charge is 0.166 e. The van der Waals surface area contributed by atoms with E-state index in [1.807, 2.05) is 0 Å². The minimum absolute atomic E-state index is 0.614. The maximum Gasteiger partial charge on any atom is 0.166 e. The molecule has 2 N–H and O–H groups in total. The Morgan fingerprint density at radius 2 is 1.83 bits per heavy atom. The van der Waals surface area contributed by atoms with Crippen molar-refractivity contribution >= 4 is 17.3 Å². The van der Waals surface area contributed by atoms with E-state index in [1.165, 1.54) is 57.9 Å². The number of nitrogens with one attached hydrogen (secondary N) is 2. The van der Waals surface area contributed by atoms with Gasteiger partial charge in [0, 0.05) is 18.6 Å². The third-order valence-electron chi connectivity index (χ3n) is 4.36. The van der Waals surface area contributed by atoms with Gasteiger partial charge in [-0.05, 0) is 51.5 Å². The molecule has 1 heterocycles. The van der Waals surface area contributed by atoms with Crippen LogP contribution >= 0.6 is 12.2 Å². The summed E-state index contributed by atoms with van der Waals surface area (Å²) >= 11 is 5.40. The van der Waals surface area contributed by atoms with Gasteiger partial charge in [-0.2, -0.15) is 0 Å². The Balaban J connectivity index is 1.64. The van der Waals surface area contributed by atoms with Gasteiger partial charge < -0.3 is 15.5 Å². The lowest BCUT2D eigenvalue weighted by Gasteiger charge is -2.33. The lowest BCUT2D eigenvalue weighted by Crippen LogP contribution is -2.49. The highest BCUT2D eigenvalue weighted by Crippen LogP contribution is 2.17. The molecule has 0 radical (unpaired) electrons. The van der Waals surface area contributed by atoms with Gasteiger partial charge >= 0.3 is 0 Å². The van der Waals surface area contributed by atoms with E-state index >= 15 is 0 Å². The Morgan fingerprint density at radius 3 is 2.56 bits per heavy atom. The molecule has 0 aromatic heterocycles. The van der Waals surface area contributed by atoms with Gasteiger partial charge in [-0.25, -0.2) is 0 Å². The second kappa shape index (κ2) is 7.29. The second-order valence-corrected chi connectivity index (χ2v) is 6.23. The molecule has 4 heteroatoms. The van der Waals surface area contributed by atoms with Crippen molar-refractivity contribution in [3.05, 3.63) is 0 Å². The SMILES string of the molecule is CN1CCCCC1CNC(=S)NC1CCCCC1. The molecule has 1 aliphatic heterocycles. The van der Waals surface area contributed by atoms with E-state index in [1.54, 1.807) is 0 Å². The summed E-state index contributed by atoms with van der Waals surface area (Å²) in [5, 5.41) is 7.75. The second-order valence-electron chi connectivity index (χ2n) is 5.82. The largest absolute Gasteiger partial charge is 0.361 e. The predicted molar refractivity (Wildman–Crippen MR) is 80.9 cm³/mol. The van der Waals surface area contributed by atoms with Crippen molar-refractivity contribution in [3.63, 3.8) is 0 Å². The average Bonchev–Trinajstić information content (AvgIpc) is 2.39. The van der Waals surface area contributed by atoms with Crippen LogP contribution in [0.4, 0.5) is 0 Å². The normalized spacial score (nSPS) is 26.8. The molecular formula is C14H27N3S. The van der Waals surface area contributed by atoms with Gasteiger partial charge in [0.2, 0.25) is 0 Å². The Bertz CT molecular complexity index is 264. The monoisotopic (exact) mass is 269 g/mol. The van der Waals surface area contributed by atoms with Crippen molar-refractivity contribution in [1.82, 2.24) is 15.5 Å². The van der Waals surface area contributed by atoms with E-state index in [2.05, 4.69) is 22.6 Å². The highest BCUT2D eigenvalue weighted by atomic mass is 32.1. The van der Waals surface area contributed by atoms with Gasteiger partial charge in [-0.3, -0.25) is 0 Å². The summed E-state index contributed by atoms with van der Waals surface area (Å²) in [4.78, 5) is 2.46. The van der Waals surface area contributed by atoms with Crippen LogP contribution in [0, 0.1) is 0 Å². The average molecular weight is 269 g/mol. The highest BCUT2D eigenvalue weighted by molar-refractivity contribution is 7.80. The minimum atomic E-state index is 0.614. The van der Waals surface area contributed by atoms with E-state index < -0.39 is 0 Å². The zero-order valence-electron chi connectivity index (χ0n) is 11.6. The molecule has 18 heavy (non-hydrogen) atoms. The molecule has 2 fully saturated rings. The molecule has 1 saturated heterocycles. The number of likely N-dealkylation sites (tertiary alicyclic amines) is 1. The maximum absolute atomic E-state index is 5.40. The molecule has 1 saturated carbocycles. The van der Waals surface area contributed by atoms with E-state index in [0.717, 1.165) is 11.7 Å². The first-order valence-corrected chi connectivity index (χ1v) is 7.91. The summed E-state index contributed by atoms with van der Waals surface area (Å²) < 4.78 is 0. The molecule has 104 valence electrons. The Morgan fingerprint density at radius 1 is 1.11 bits per heavy atom. The Labute approximate surface area is 117 Å². The first kappa shape index (κ1) is 14.1. The molecule has 3 nitrogen and oxygen atoms in total. The third kappa shape index (κ3) is 4.39. The lowest BCUT2D eigenvalue weighted by atomic mass is 9.96. The van der Waals surface area contributed by atoms with Gasteiger partial charge in [0.05, 0.1) is 0 Å². The fraction of sp³-hybridized carbons (Fsp3) is 0.929. The summed E-state index contributed by atoms with van der Waals surface area (Å²) in [6.45, 7) is 2.23. The molecule has 1 atom stereocenters. The molecule has 0 amide bonds. The van der Waals surface area contributed by atoms with Crippen molar-refractivity contribution in [2.45, 2.75) is 63.5 Å². The standard InChI is InChI=1S/C14H27N3S/c1-17-10-6-5-9-13(17)11-15-14(18)16-12-7-3-2-4-8-12/h12-13H,2-11H2,1H3,(H2,15,16,18). The fourth-order valence-corrected chi connectivity index (χ4v) is 3.35. The van der Waals surface area contributed by atoms with E-state index in [4.69, 9.17) is 12.2 Å². The maximum atomic E-state index is 5.40. The molecule has 2 rings (SSSR count). The number of rotatable bonds is 3. The Hall–Kier alpha value is -0.350. The number of nitrogens with zero attached hydrogens (tertiary/aromatic N) is 1. The van der Waals surface area contributed by atoms with Crippen LogP contribution in [0.25, 0.3) is 0 Å². The molecule has 0 bridgehead atoms. The predicted octanol–water partition coefficient (Wildman–Crippen LogP) is 2.27. The van der Waals surface area contributed by atoms with E-state index in [-0.39, 0.29) is 0 Å². The van der Waals surface area contributed by atoms with Crippen LogP contribution in [0.5, 0.6) is 0 Å². The van der Waals surface area contributed by atoms with Crippen molar-refractivity contribution in [1.29, 1.82) is 0 Å². The van der Waals surface area contributed by atoms with Gasteiger partial charge in [0.15, 0.2) is 5.11 Å². The summed E-state index contributed by atoms with van der Waals surface area (Å²) in [6, 6.07) is 1.27. The van der Waals surface area contributed by atoms with E-state index in [0.29, 0.717) is 12.1 Å². The fourth-order valence-electron chi connectivity index (χ4n) is 3.10. The van der Waals surface area contributed by atoms with Crippen LogP contribution in [0.2, 0.25) is 0 Å². The number of hydrogen-bond acceptors (Lipinski definition) is 2. The topological polar surface area (TPSA) is 27.3 Å². The van der Waals surface area contributed by atoms with Crippen LogP contribution in [0.1, 0.15) is 51.4 Å². The van der Waals surface area contributed by atoms with Crippen LogP contribution in [-0.4, -0.2) is 42.2 Å².